The molecule has 0 aromatic heterocycles. The normalized spacial score (nSPS) is 37.1. The number of aliphatic hydroxyl groups excluding tert-OH is 4. The summed E-state index contributed by atoms with van der Waals surface area (Å²) in [5.41, 5.74) is -2.82. The van der Waals surface area contributed by atoms with Crippen LogP contribution in [0, 0.1) is 0 Å². The molecule has 115 valence electrons. The number of rotatable bonds is 3. The van der Waals surface area contributed by atoms with Gasteiger partial charge < -0.3 is 25.5 Å². The first-order valence-corrected chi connectivity index (χ1v) is 6.41. The molecule has 1 saturated heterocycles. The fourth-order valence-electron chi connectivity index (χ4n) is 2.52. The minimum absolute atomic E-state index is 0.408. The first-order valence-electron chi connectivity index (χ1n) is 6.41. The molecule has 1 unspecified atom stereocenters. The summed E-state index contributed by atoms with van der Waals surface area (Å²) in [6.45, 7) is -1.06. The van der Waals surface area contributed by atoms with E-state index in [1.54, 1.807) is 6.07 Å². The number of benzene rings is 1. The van der Waals surface area contributed by atoms with E-state index in [0.29, 0.717) is 7.28 Å². The first-order chi connectivity index (χ1) is 9.74. The molecule has 2 rings (SSSR count). The molecule has 8 heteroatoms. The fraction of sp³-hybridized carbons (Fsp3) is 0.538. The molecular weight excluding hydrogens is 285 g/mol. The van der Waals surface area contributed by atoms with Crippen molar-refractivity contribution >= 4 is 7.28 Å². The highest BCUT2D eigenvalue weighted by atomic mass is 19.3. The van der Waals surface area contributed by atoms with Gasteiger partial charge in [-0.15, -0.1) is 0 Å². The Bertz CT molecular complexity index is 489. The second-order valence-electron chi connectivity index (χ2n) is 5.26. The van der Waals surface area contributed by atoms with E-state index < -0.39 is 47.7 Å². The van der Waals surface area contributed by atoms with Crippen molar-refractivity contribution in [2.45, 2.75) is 35.6 Å². The van der Waals surface area contributed by atoms with Crippen LogP contribution < -0.4 is 0 Å². The van der Waals surface area contributed by atoms with Gasteiger partial charge >= 0.3 is 0 Å². The Morgan fingerprint density at radius 2 is 1.67 bits per heavy atom. The highest BCUT2D eigenvalue weighted by Crippen LogP contribution is 2.46. The monoisotopic (exact) mass is 301 g/mol. The van der Waals surface area contributed by atoms with Crippen molar-refractivity contribution in [3.8, 4) is 0 Å². The average molecular weight is 301 g/mol. The predicted octanol–water partition coefficient (Wildman–Crippen LogP) is -0.952. The fourth-order valence-corrected chi connectivity index (χ4v) is 2.52. The molecule has 1 heterocycles. The predicted molar refractivity (Wildman–Crippen MR) is 69.9 cm³/mol. The molecule has 0 spiro atoms. The lowest BCUT2D eigenvalue weighted by Crippen LogP contribution is -2.67. The molecule has 5 atom stereocenters. The topological polar surface area (TPSA) is 101 Å². The Kier molecular flexibility index (Phi) is 4.37. The maximum Gasteiger partial charge on any atom is 0.271 e. The van der Waals surface area contributed by atoms with Crippen LogP contribution in [-0.4, -0.2) is 63.2 Å². The summed E-state index contributed by atoms with van der Waals surface area (Å²) >= 11 is 0. The Morgan fingerprint density at radius 3 is 2.19 bits per heavy atom. The van der Waals surface area contributed by atoms with Gasteiger partial charge in [-0.2, -0.15) is 0 Å². The maximum absolute atomic E-state index is 14.5. The van der Waals surface area contributed by atoms with Gasteiger partial charge in [0.2, 0.25) is 0 Å². The molecule has 21 heavy (non-hydrogen) atoms. The number of halogens is 2. The number of hydrogen-bond donors (Lipinski definition) is 5. The lowest BCUT2D eigenvalue weighted by Gasteiger charge is -2.46. The van der Waals surface area contributed by atoms with Gasteiger partial charge in [0.05, 0.1) is 18.2 Å². The molecule has 1 aromatic carbocycles. The maximum atomic E-state index is 14.5. The van der Waals surface area contributed by atoms with Gasteiger partial charge in [-0.05, 0) is 0 Å². The van der Waals surface area contributed by atoms with E-state index >= 15 is 0 Å². The van der Waals surface area contributed by atoms with E-state index in [9.17, 15) is 29.2 Å². The van der Waals surface area contributed by atoms with Crippen molar-refractivity contribution in [1.29, 1.82) is 0 Å². The second-order valence-corrected chi connectivity index (χ2v) is 5.26. The smallest absolute Gasteiger partial charge is 0.271 e. The van der Waals surface area contributed by atoms with E-state index in [0.717, 1.165) is 12.1 Å². The van der Waals surface area contributed by atoms with Gasteiger partial charge in [-0.3, -0.25) is 0 Å². The van der Waals surface area contributed by atoms with Crippen LogP contribution in [0.1, 0.15) is 5.56 Å². The Labute approximate surface area is 120 Å². The largest absolute Gasteiger partial charge is 0.394 e. The molecule has 0 saturated carbocycles. The van der Waals surface area contributed by atoms with Crippen LogP contribution in [0.5, 0.6) is 0 Å². The van der Waals surface area contributed by atoms with Crippen LogP contribution in [0.25, 0.3) is 0 Å². The molecule has 5 N–H and O–H groups in total. The third-order valence-corrected chi connectivity index (χ3v) is 3.85. The van der Waals surface area contributed by atoms with E-state index in [1.807, 2.05) is 0 Å². The summed E-state index contributed by atoms with van der Waals surface area (Å²) in [6.07, 6.45) is -5.95. The average Bonchev–Trinajstić information content (AvgIpc) is 2.49. The molecule has 1 aliphatic rings. The molecule has 5 nitrogen and oxygen atoms in total. The SMILES string of the molecule is OCC1(O)[B][C@@H](C(F)(F)c2ccccc2)[C@H](O)[C@@H](O)[C@@H]1O. The Hall–Kier alpha value is -1.06. The van der Waals surface area contributed by atoms with Crippen LogP contribution in [0.4, 0.5) is 8.78 Å². The molecule has 1 fully saturated rings. The van der Waals surface area contributed by atoms with E-state index in [2.05, 4.69) is 0 Å². The number of aliphatic hydroxyl groups is 5. The Morgan fingerprint density at radius 1 is 1.10 bits per heavy atom. The van der Waals surface area contributed by atoms with Crippen molar-refractivity contribution in [1.82, 2.24) is 0 Å². The number of hydrogen-bond acceptors (Lipinski definition) is 5. The third kappa shape index (κ3) is 2.69. The van der Waals surface area contributed by atoms with Crippen LogP contribution in [0.15, 0.2) is 30.3 Å². The summed E-state index contributed by atoms with van der Waals surface area (Å²) < 4.78 is 29.0. The standard InChI is InChI=1S/C13H16BF2O5/c15-13(16,7-4-2-1-3-5-7)10-8(18)9(19)11(20)12(21,6-17)14-10/h1-5,8-11,17-21H,6H2/t8-,9-,10-,11+,12?/m1/s1. The Balaban J connectivity index is 2.38. The minimum atomic E-state index is -3.59. The van der Waals surface area contributed by atoms with Crippen molar-refractivity contribution in [3.63, 3.8) is 0 Å². The molecule has 1 radical (unpaired) electrons. The first kappa shape index (κ1) is 16.3. The van der Waals surface area contributed by atoms with Gasteiger partial charge in [0, 0.05) is 11.4 Å². The van der Waals surface area contributed by atoms with E-state index in [1.165, 1.54) is 12.1 Å². The lowest BCUT2D eigenvalue weighted by atomic mass is 9.42. The van der Waals surface area contributed by atoms with E-state index in [4.69, 9.17) is 5.11 Å². The third-order valence-electron chi connectivity index (χ3n) is 3.85. The summed E-state index contributed by atoms with van der Waals surface area (Å²) in [7, 11) is 0.599. The van der Waals surface area contributed by atoms with Crippen LogP contribution in [0.2, 0.25) is 5.82 Å². The molecule has 0 bridgehead atoms. The van der Waals surface area contributed by atoms with Crippen LogP contribution in [0.3, 0.4) is 0 Å². The number of alkyl halides is 2. The molecular formula is C13H16BF2O5. The lowest BCUT2D eigenvalue weighted by molar-refractivity contribution is -0.170. The molecule has 1 aromatic rings. The zero-order chi connectivity index (χ0) is 15.8. The van der Waals surface area contributed by atoms with Gasteiger partial charge in [0.1, 0.15) is 12.2 Å². The van der Waals surface area contributed by atoms with Crippen molar-refractivity contribution in [2.75, 3.05) is 6.61 Å². The van der Waals surface area contributed by atoms with Gasteiger partial charge in [-0.1, -0.05) is 30.3 Å². The summed E-state index contributed by atoms with van der Waals surface area (Å²) in [4.78, 5) is 0. The van der Waals surface area contributed by atoms with Gasteiger partial charge in [0.15, 0.2) is 7.28 Å². The quantitative estimate of drug-likeness (QED) is 0.463. The summed E-state index contributed by atoms with van der Waals surface area (Å²) in [5, 5.41) is 48.2. The van der Waals surface area contributed by atoms with Crippen molar-refractivity contribution in [2.24, 2.45) is 0 Å². The molecule has 0 aliphatic carbocycles. The van der Waals surface area contributed by atoms with Crippen molar-refractivity contribution in [3.05, 3.63) is 35.9 Å². The summed E-state index contributed by atoms with van der Waals surface area (Å²) in [6, 6.07) is 6.62. The highest BCUT2D eigenvalue weighted by Gasteiger charge is 2.59. The molecule has 0 amide bonds. The van der Waals surface area contributed by atoms with Gasteiger partial charge in [-0.25, -0.2) is 8.78 Å². The molecule has 1 aliphatic heterocycles. The highest BCUT2D eigenvalue weighted by molar-refractivity contribution is 6.43. The minimum Gasteiger partial charge on any atom is -0.394 e. The van der Waals surface area contributed by atoms with Crippen LogP contribution >= 0.6 is 0 Å². The van der Waals surface area contributed by atoms with E-state index in [-0.39, 0.29) is 0 Å². The van der Waals surface area contributed by atoms with Crippen molar-refractivity contribution < 1.29 is 34.3 Å². The summed E-state index contributed by atoms with van der Waals surface area (Å²) in [5.74, 6) is -5.55. The zero-order valence-corrected chi connectivity index (χ0v) is 11.0. The second kappa shape index (κ2) is 5.62. The van der Waals surface area contributed by atoms with Gasteiger partial charge in [0.25, 0.3) is 5.92 Å². The zero-order valence-electron chi connectivity index (χ0n) is 11.0. The van der Waals surface area contributed by atoms with Crippen LogP contribution in [-0.2, 0) is 5.92 Å².